The van der Waals surface area contributed by atoms with Gasteiger partial charge in [0.2, 0.25) is 0 Å². The highest BCUT2D eigenvalue weighted by atomic mass is 16.6. The van der Waals surface area contributed by atoms with Crippen LogP contribution in [-0.4, -0.2) is 32.5 Å². The zero-order valence-corrected chi connectivity index (χ0v) is 9.24. The maximum absolute atomic E-state index is 5.52. The molecule has 1 atom stereocenters. The summed E-state index contributed by atoms with van der Waals surface area (Å²) in [5.41, 5.74) is 1.47. The van der Waals surface area contributed by atoms with E-state index in [9.17, 15) is 0 Å². The highest BCUT2D eigenvalue weighted by Gasteiger charge is 2.13. The molecule has 0 aromatic rings. The van der Waals surface area contributed by atoms with Crippen LogP contribution in [0.4, 0.5) is 0 Å². The van der Waals surface area contributed by atoms with Crippen molar-refractivity contribution in [1.29, 1.82) is 0 Å². The van der Waals surface area contributed by atoms with Gasteiger partial charge in [-0.15, -0.1) is 0 Å². The van der Waals surface area contributed by atoms with Crippen LogP contribution in [0.1, 0.15) is 32.1 Å². The molecule has 3 heteroatoms. The molecule has 1 aliphatic heterocycles. The summed E-state index contributed by atoms with van der Waals surface area (Å²) in [6.07, 6.45) is 8.23. The fourth-order valence-corrected chi connectivity index (χ4v) is 2.03. The van der Waals surface area contributed by atoms with Gasteiger partial charge in [-0.3, -0.25) is 0 Å². The zero-order valence-electron chi connectivity index (χ0n) is 9.24. The summed E-state index contributed by atoms with van der Waals surface area (Å²) in [6.45, 7) is 2.94. The predicted octanol–water partition coefficient (Wildman–Crippen LogP) is 2.27. The van der Waals surface area contributed by atoms with Gasteiger partial charge >= 0.3 is 0 Å². The van der Waals surface area contributed by atoms with Crippen LogP contribution in [0.2, 0.25) is 0 Å². The van der Waals surface area contributed by atoms with E-state index in [2.05, 4.69) is 0 Å². The molecule has 2 aliphatic rings. The molecule has 1 heterocycles. The van der Waals surface area contributed by atoms with E-state index in [0.29, 0.717) is 0 Å². The molecule has 3 nitrogen and oxygen atoms in total. The Hall–Kier alpha value is -0.540. The van der Waals surface area contributed by atoms with Gasteiger partial charge in [-0.25, -0.2) is 0 Å². The van der Waals surface area contributed by atoms with Gasteiger partial charge in [0.25, 0.3) is 0 Å². The van der Waals surface area contributed by atoms with Crippen LogP contribution >= 0.6 is 0 Å². The minimum absolute atomic E-state index is 0.237. The van der Waals surface area contributed by atoms with Crippen LogP contribution in [0, 0.1) is 0 Å². The second-order valence-corrected chi connectivity index (χ2v) is 4.21. The molecule has 0 spiro atoms. The molecule has 2 fully saturated rings. The first-order valence-corrected chi connectivity index (χ1v) is 5.94. The molecule has 0 N–H and O–H groups in total. The van der Waals surface area contributed by atoms with E-state index in [4.69, 9.17) is 14.2 Å². The average molecular weight is 212 g/mol. The van der Waals surface area contributed by atoms with Crippen LogP contribution in [0.15, 0.2) is 11.8 Å². The second-order valence-electron chi connectivity index (χ2n) is 4.21. The van der Waals surface area contributed by atoms with E-state index in [0.717, 1.165) is 32.8 Å². The lowest BCUT2D eigenvalue weighted by atomic mass is 10.2. The number of hydrogen-bond donors (Lipinski definition) is 0. The summed E-state index contributed by atoms with van der Waals surface area (Å²) >= 11 is 0. The Morgan fingerprint density at radius 2 is 2.13 bits per heavy atom. The lowest BCUT2D eigenvalue weighted by Gasteiger charge is -2.22. The fraction of sp³-hybridized carbons (Fsp3) is 0.833. The Balaban J connectivity index is 1.55. The molecule has 1 saturated carbocycles. The van der Waals surface area contributed by atoms with Crippen molar-refractivity contribution >= 4 is 0 Å². The fourth-order valence-electron chi connectivity index (χ4n) is 2.03. The van der Waals surface area contributed by atoms with Crippen molar-refractivity contribution in [2.45, 2.75) is 38.2 Å². The van der Waals surface area contributed by atoms with Crippen molar-refractivity contribution in [3.63, 3.8) is 0 Å². The quantitative estimate of drug-likeness (QED) is 0.528. The summed E-state index contributed by atoms with van der Waals surface area (Å²) in [4.78, 5) is 0. The van der Waals surface area contributed by atoms with Gasteiger partial charge in [0.1, 0.15) is 0 Å². The highest BCUT2D eigenvalue weighted by molar-refractivity contribution is 5.02. The van der Waals surface area contributed by atoms with Gasteiger partial charge in [0.15, 0.2) is 0 Å². The van der Waals surface area contributed by atoms with Crippen LogP contribution in [0.3, 0.4) is 0 Å². The number of rotatable bonds is 4. The van der Waals surface area contributed by atoms with Crippen LogP contribution in [-0.2, 0) is 14.2 Å². The summed E-state index contributed by atoms with van der Waals surface area (Å²) in [7, 11) is 0. The van der Waals surface area contributed by atoms with Crippen LogP contribution in [0.5, 0.6) is 0 Å². The van der Waals surface area contributed by atoms with Crippen molar-refractivity contribution in [3.8, 4) is 0 Å². The molecule has 0 bridgehead atoms. The summed E-state index contributed by atoms with van der Waals surface area (Å²) in [5.74, 6) is 0. The molecule has 0 aromatic heterocycles. The highest BCUT2D eigenvalue weighted by Crippen LogP contribution is 2.23. The molecular formula is C12H20O3. The SMILES string of the molecule is C(OCCC1COCCO1)=C1CCCC1. The smallest absolute Gasteiger partial charge is 0.0898 e. The molecule has 0 radical (unpaired) electrons. The summed E-state index contributed by atoms with van der Waals surface area (Å²) in [5, 5.41) is 0. The molecule has 1 aliphatic carbocycles. The first-order valence-electron chi connectivity index (χ1n) is 5.94. The van der Waals surface area contributed by atoms with E-state index >= 15 is 0 Å². The van der Waals surface area contributed by atoms with Crippen molar-refractivity contribution in [2.75, 3.05) is 26.4 Å². The monoisotopic (exact) mass is 212 g/mol. The Morgan fingerprint density at radius 1 is 1.27 bits per heavy atom. The maximum Gasteiger partial charge on any atom is 0.0898 e. The topological polar surface area (TPSA) is 27.7 Å². The van der Waals surface area contributed by atoms with Crippen LogP contribution in [0.25, 0.3) is 0 Å². The predicted molar refractivity (Wildman–Crippen MR) is 57.7 cm³/mol. The molecule has 0 aromatic carbocycles. The van der Waals surface area contributed by atoms with Gasteiger partial charge in [-0.1, -0.05) is 0 Å². The normalized spacial score (nSPS) is 26.7. The summed E-state index contributed by atoms with van der Waals surface area (Å²) < 4.78 is 16.4. The van der Waals surface area contributed by atoms with E-state index < -0.39 is 0 Å². The molecule has 86 valence electrons. The second kappa shape index (κ2) is 6.13. The van der Waals surface area contributed by atoms with Crippen molar-refractivity contribution in [2.24, 2.45) is 0 Å². The van der Waals surface area contributed by atoms with Gasteiger partial charge < -0.3 is 14.2 Å². The molecule has 1 unspecified atom stereocenters. The van der Waals surface area contributed by atoms with Gasteiger partial charge in [-0.05, 0) is 31.3 Å². The Morgan fingerprint density at radius 3 is 2.87 bits per heavy atom. The van der Waals surface area contributed by atoms with Gasteiger partial charge in [0, 0.05) is 6.42 Å². The molecule has 15 heavy (non-hydrogen) atoms. The number of allylic oxidation sites excluding steroid dienone is 1. The van der Waals surface area contributed by atoms with E-state index in [1.165, 1.54) is 31.3 Å². The lowest BCUT2D eigenvalue weighted by Crippen LogP contribution is -2.29. The first-order chi connectivity index (χ1) is 7.45. The molecular weight excluding hydrogens is 192 g/mol. The van der Waals surface area contributed by atoms with Crippen molar-refractivity contribution in [1.82, 2.24) is 0 Å². The third kappa shape index (κ3) is 3.84. The third-order valence-corrected chi connectivity index (χ3v) is 2.94. The average Bonchev–Trinajstić information content (AvgIpc) is 2.79. The molecule has 1 saturated heterocycles. The van der Waals surface area contributed by atoms with Gasteiger partial charge in [-0.2, -0.15) is 0 Å². The minimum Gasteiger partial charge on any atom is -0.501 e. The standard InChI is InChI=1S/C12H20O3/c1-2-4-11(3-1)9-13-6-5-12-10-14-7-8-15-12/h9,12H,1-8,10H2. The van der Waals surface area contributed by atoms with Crippen molar-refractivity contribution in [3.05, 3.63) is 11.8 Å². The Bertz CT molecular complexity index is 199. The lowest BCUT2D eigenvalue weighted by molar-refractivity contribution is -0.0947. The Kier molecular flexibility index (Phi) is 4.48. The summed E-state index contributed by atoms with van der Waals surface area (Å²) in [6, 6.07) is 0. The zero-order chi connectivity index (χ0) is 10.3. The third-order valence-electron chi connectivity index (χ3n) is 2.94. The number of ether oxygens (including phenoxy) is 3. The molecule has 2 rings (SSSR count). The Labute approximate surface area is 91.4 Å². The first kappa shape index (κ1) is 11.0. The molecule has 0 amide bonds. The number of hydrogen-bond acceptors (Lipinski definition) is 3. The van der Waals surface area contributed by atoms with Crippen LogP contribution < -0.4 is 0 Å². The van der Waals surface area contributed by atoms with E-state index in [1.54, 1.807) is 0 Å². The van der Waals surface area contributed by atoms with Gasteiger partial charge in [0.05, 0.1) is 38.8 Å². The largest absolute Gasteiger partial charge is 0.501 e. The van der Waals surface area contributed by atoms with E-state index in [1.807, 2.05) is 6.26 Å². The van der Waals surface area contributed by atoms with Crippen molar-refractivity contribution < 1.29 is 14.2 Å². The minimum atomic E-state index is 0.237. The maximum atomic E-state index is 5.52. The van der Waals surface area contributed by atoms with E-state index in [-0.39, 0.29) is 6.10 Å².